The highest BCUT2D eigenvalue weighted by Gasteiger charge is 2.12. The largest absolute Gasteiger partial charge is 0.463 e. The predicted molar refractivity (Wildman–Crippen MR) is 264 cm³/mol. The molecule has 9 aromatic rings. The van der Waals surface area contributed by atoms with E-state index in [0.717, 1.165) is 37.3 Å². The zero-order chi connectivity index (χ0) is 43.0. The van der Waals surface area contributed by atoms with Gasteiger partial charge in [0.25, 0.3) is 0 Å². The fourth-order valence-corrected chi connectivity index (χ4v) is 8.42. The summed E-state index contributed by atoms with van der Waals surface area (Å²) in [5.41, 5.74) is 10.1. The van der Waals surface area contributed by atoms with Gasteiger partial charge < -0.3 is 13.3 Å². The molecule has 3 atom stereocenters. The summed E-state index contributed by atoms with van der Waals surface area (Å²) in [5, 5.41) is 5.61. The van der Waals surface area contributed by atoms with Gasteiger partial charge in [0.15, 0.2) is 16.3 Å². The molecule has 306 valence electrons. The molecule has 0 N–H and O–H groups in total. The van der Waals surface area contributed by atoms with Crippen LogP contribution in [0.3, 0.4) is 0 Å². The summed E-state index contributed by atoms with van der Waals surface area (Å²) in [6.07, 6.45) is 5.70. The fourth-order valence-electron chi connectivity index (χ4n) is 6.87. The average Bonchev–Trinajstić information content (AvgIpc) is 3.30. The van der Waals surface area contributed by atoms with Gasteiger partial charge in [-0.2, -0.15) is 0 Å². The van der Waals surface area contributed by atoms with Crippen LogP contribution in [0.2, 0.25) is 0 Å². The van der Waals surface area contributed by atoms with Crippen molar-refractivity contribution >= 4 is 74.6 Å². The highest BCUT2D eigenvalue weighted by molar-refractivity contribution is 7.46. The van der Waals surface area contributed by atoms with E-state index in [4.69, 9.17) is 13.3 Å². The van der Waals surface area contributed by atoms with E-state index in [1.54, 1.807) is 18.8 Å². The first-order valence-corrected chi connectivity index (χ1v) is 24.5. The fraction of sp³-hybridized carbons (Fsp3) is 0.135. The predicted octanol–water partition coefficient (Wildman–Crippen LogP) is 11.4. The topological polar surface area (TPSA) is 90.6 Å². The van der Waals surface area contributed by atoms with E-state index in [-0.39, 0.29) is 16.3 Å². The second-order valence-electron chi connectivity index (χ2n) is 14.6. The van der Waals surface area contributed by atoms with Crippen molar-refractivity contribution < 1.29 is 13.3 Å². The number of rotatable bonds is 7. The first kappa shape index (κ1) is 43.3. The van der Waals surface area contributed by atoms with Crippen LogP contribution < -0.4 is 32.2 Å². The van der Waals surface area contributed by atoms with Gasteiger partial charge in [-0.15, -0.1) is 0 Å². The number of benzene rings is 6. The van der Waals surface area contributed by atoms with Crippen LogP contribution in [0.15, 0.2) is 174 Å². The molecule has 0 amide bonds. The lowest BCUT2D eigenvalue weighted by Crippen LogP contribution is -2.06. The normalized spacial score (nSPS) is 11.5. The Bertz CT molecular complexity index is 3150. The summed E-state index contributed by atoms with van der Waals surface area (Å²) < 4.78 is 17.0. The zero-order valence-electron chi connectivity index (χ0n) is 35.0. The van der Waals surface area contributed by atoms with Gasteiger partial charge in [0.1, 0.15) is 35.5 Å². The van der Waals surface area contributed by atoms with Gasteiger partial charge in [0, 0.05) is 0 Å². The van der Waals surface area contributed by atoms with Crippen LogP contribution in [-0.4, -0.2) is 20.0 Å². The molecule has 3 unspecified atom stereocenters. The van der Waals surface area contributed by atoms with Crippen LogP contribution in [0, 0.1) is 13.8 Å². The molecule has 3 aromatic heterocycles. The smallest absolute Gasteiger partial charge is 0.200 e. The molecule has 0 saturated heterocycles. The third-order valence-electron chi connectivity index (χ3n) is 10.6. The number of aryl methyl sites for hydroxylation is 3. The van der Waals surface area contributed by atoms with Crippen molar-refractivity contribution in [1.29, 1.82) is 0 Å². The summed E-state index contributed by atoms with van der Waals surface area (Å²) in [5.74, 6) is 0. The lowest BCUT2D eigenvalue weighted by atomic mass is 10.0. The van der Waals surface area contributed by atoms with E-state index < -0.39 is 0 Å². The first-order valence-electron chi connectivity index (χ1n) is 20.0. The Kier molecular flexibility index (Phi) is 14.0. The molecule has 9 heteroatoms. The van der Waals surface area contributed by atoms with Crippen molar-refractivity contribution in [2.24, 2.45) is 0 Å². The SMILES string of the molecule is CCc1ccc(-c2coc3cc(PC)ccc3c2=O)cc1.CPc1ccc(-c2coc3cc(C)ccc3c2=O)cc1.CPc1ccc2c(=O)c(-c3ccc(C)cc3)coc2c1. The summed E-state index contributed by atoms with van der Waals surface area (Å²) >= 11 is 0. The molecule has 9 rings (SSSR count). The number of hydrogen-bond acceptors (Lipinski definition) is 6. The molecule has 0 fully saturated rings. The van der Waals surface area contributed by atoms with Crippen LogP contribution in [0.4, 0.5) is 0 Å². The van der Waals surface area contributed by atoms with E-state index in [2.05, 4.69) is 51.2 Å². The summed E-state index contributed by atoms with van der Waals surface area (Å²) in [6.45, 7) is 12.5. The lowest BCUT2D eigenvalue weighted by Gasteiger charge is -2.05. The van der Waals surface area contributed by atoms with E-state index in [0.29, 0.717) is 66.8 Å². The molecular weight excluding hydrogens is 813 g/mol. The lowest BCUT2D eigenvalue weighted by molar-refractivity contribution is 0.604. The van der Waals surface area contributed by atoms with Crippen molar-refractivity contribution in [2.45, 2.75) is 27.2 Å². The van der Waals surface area contributed by atoms with Gasteiger partial charge in [-0.1, -0.05) is 129 Å². The second kappa shape index (κ2) is 19.7. The Morgan fingerprint density at radius 2 is 0.754 bits per heavy atom. The Hall–Kier alpha value is -5.76. The standard InChI is InChI=1S/C18H17O2P.2C17H15O2P/c1-3-12-4-6-13(7-5-12)16-11-20-17-10-14(21-2)8-9-15(17)18(16)19;1-11-3-8-14-16(9-11)19-10-15(17(14)18)12-4-6-13(20-2)7-5-12;1-11-3-5-12(6-4-11)15-10-19-16-9-13(20-2)7-8-14(16)17(15)18/h4-11,21H,3H2,1-2H3;2*3-10,20H,1-2H3. The third-order valence-corrected chi connectivity index (χ3v) is 13.3. The minimum atomic E-state index is 0.0259. The molecule has 0 aliphatic heterocycles. The van der Waals surface area contributed by atoms with Crippen molar-refractivity contribution in [2.75, 3.05) is 20.0 Å². The molecule has 6 nitrogen and oxygen atoms in total. The van der Waals surface area contributed by atoms with Crippen LogP contribution in [-0.2, 0) is 6.42 Å². The van der Waals surface area contributed by atoms with Crippen molar-refractivity contribution in [3.05, 3.63) is 194 Å². The number of hydrogen-bond donors (Lipinski definition) is 0. The highest BCUT2D eigenvalue weighted by Crippen LogP contribution is 2.24. The molecule has 0 spiro atoms. The minimum Gasteiger partial charge on any atom is -0.463 e. The highest BCUT2D eigenvalue weighted by atomic mass is 31.1. The summed E-state index contributed by atoms with van der Waals surface area (Å²) in [7, 11) is 2.16. The Morgan fingerprint density at radius 3 is 1.16 bits per heavy atom. The first-order chi connectivity index (χ1) is 29.6. The Morgan fingerprint density at radius 1 is 0.410 bits per heavy atom. The maximum Gasteiger partial charge on any atom is 0.200 e. The Labute approximate surface area is 360 Å². The maximum absolute atomic E-state index is 12.6. The van der Waals surface area contributed by atoms with Crippen LogP contribution in [0.25, 0.3) is 66.3 Å². The number of fused-ring (bicyclic) bond motifs is 3. The second-order valence-corrected chi connectivity index (χ2v) is 17.8. The Balaban J connectivity index is 0.000000138. The maximum atomic E-state index is 12.6. The molecule has 0 aliphatic carbocycles. The molecule has 0 bridgehead atoms. The van der Waals surface area contributed by atoms with E-state index in [1.165, 1.54) is 27.0 Å². The summed E-state index contributed by atoms with van der Waals surface area (Å²) in [4.78, 5) is 37.7. The minimum absolute atomic E-state index is 0.0259. The van der Waals surface area contributed by atoms with E-state index in [1.807, 2.05) is 117 Å². The van der Waals surface area contributed by atoms with E-state index >= 15 is 0 Å². The molecule has 61 heavy (non-hydrogen) atoms. The molecule has 0 aliphatic rings. The molecular formula is C52H47O6P3. The van der Waals surface area contributed by atoms with Gasteiger partial charge in [0.2, 0.25) is 0 Å². The molecule has 3 heterocycles. The summed E-state index contributed by atoms with van der Waals surface area (Å²) in [6, 6.07) is 41.4. The molecule has 0 saturated carbocycles. The van der Waals surface area contributed by atoms with Gasteiger partial charge in [0.05, 0.1) is 32.8 Å². The average molecular weight is 861 g/mol. The van der Waals surface area contributed by atoms with E-state index in [9.17, 15) is 14.4 Å². The van der Waals surface area contributed by atoms with Crippen LogP contribution in [0.5, 0.6) is 0 Å². The van der Waals surface area contributed by atoms with Gasteiger partial charge in [-0.05, 0) is 120 Å². The monoisotopic (exact) mass is 860 g/mol. The van der Waals surface area contributed by atoms with Gasteiger partial charge in [-0.25, -0.2) is 0 Å². The van der Waals surface area contributed by atoms with Crippen molar-refractivity contribution in [3.63, 3.8) is 0 Å². The van der Waals surface area contributed by atoms with Crippen LogP contribution >= 0.6 is 25.7 Å². The molecule has 0 radical (unpaired) electrons. The van der Waals surface area contributed by atoms with Crippen molar-refractivity contribution in [1.82, 2.24) is 0 Å². The quantitative estimate of drug-likeness (QED) is 0.148. The van der Waals surface area contributed by atoms with Crippen LogP contribution in [0.1, 0.15) is 23.6 Å². The van der Waals surface area contributed by atoms with Crippen molar-refractivity contribution in [3.8, 4) is 33.4 Å². The van der Waals surface area contributed by atoms with Gasteiger partial charge in [-0.3, -0.25) is 14.4 Å². The zero-order valence-corrected chi connectivity index (χ0v) is 38.0. The van der Waals surface area contributed by atoms with Gasteiger partial charge >= 0.3 is 0 Å². The molecule has 6 aromatic carbocycles. The third kappa shape index (κ3) is 9.91.